The number of amides is 1. The average molecular weight is 198 g/mol. The van der Waals surface area contributed by atoms with Gasteiger partial charge >= 0.3 is 0 Å². The van der Waals surface area contributed by atoms with E-state index in [4.69, 9.17) is 0 Å². The van der Waals surface area contributed by atoms with E-state index in [0.717, 1.165) is 25.3 Å². The summed E-state index contributed by atoms with van der Waals surface area (Å²) in [5.41, 5.74) is 0. The summed E-state index contributed by atoms with van der Waals surface area (Å²) in [5, 5.41) is 0. The quantitative estimate of drug-likeness (QED) is 0.620. The van der Waals surface area contributed by atoms with Crippen LogP contribution < -0.4 is 0 Å². The van der Waals surface area contributed by atoms with Crippen molar-refractivity contribution in [1.82, 2.24) is 9.80 Å². The number of likely N-dealkylation sites (tertiary alicyclic amines) is 1. The molecule has 1 saturated heterocycles. The van der Waals surface area contributed by atoms with E-state index in [1.165, 1.54) is 32.5 Å². The molecule has 1 aliphatic rings. The molecule has 0 unspecified atom stereocenters. The molecule has 0 aromatic heterocycles. The van der Waals surface area contributed by atoms with Gasteiger partial charge < -0.3 is 9.80 Å². The molecule has 1 atom stereocenters. The summed E-state index contributed by atoms with van der Waals surface area (Å²) in [6.07, 6.45) is 4.73. The van der Waals surface area contributed by atoms with Crippen molar-refractivity contribution >= 4 is 6.41 Å². The van der Waals surface area contributed by atoms with Crippen LogP contribution in [0.3, 0.4) is 0 Å². The molecule has 82 valence electrons. The zero-order valence-electron chi connectivity index (χ0n) is 9.41. The van der Waals surface area contributed by atoms with Crippen molar-refractivity contribution in [1.29, 1.82) is 0 Å². The maximum absolute atomic E-state index is 10.4. The Bertz CT molecular complexity index is 173. The van der Waals surface area contributed by atoms with Crippen molar-refractivity contribution in [3.05, 3.63) is 0 Å². The number of piperidine rings is 1. The number of hydrogen-bond acceptors (Lipinski definition) is 2. The van der Waals surface area contributed by atoms with Gasteiger partial charge in [-0.15, -0.1) is 0 Å². The van der Waals surface area contributed by atoms with Crippen LogP contribution in [0.2, 0.25) is 0 Å². The molecule has 0 N–H and O–H groups in total. The molecule has 1 rings (SSSR count). The molecule has 0 aromatic rings. The smallest absolute Gasteiger partial charge is 0.209 e. The summed E-state index contributed by atoms with van der Waals surface area (Å²) in [7, 11) is 1.85. The van der Waals surface area contributed by atoms with Crippen LogP contribution in [0.15, 0.2) is 0 Å². The highest BCUT2D eigenvalue weighted by atomic mass is 16.1. The minimum Gasteiger partial charge on any atom is -0.348 e. The Hall–Kier alpha value is -0.570. The zero-order valence-corrected chi connectivity index (χ0v) is 9.41. The highest BCUT2D eigenvalue weighted by Gasteiger charge is 2.18. The van der Waals surface area contributed by atoms with E-state index < -0.39 is 0 Å². The Morgan fingerprint density at radius 2 is 2.36 bits per heavy atom. The molecular formula is C11H22N2O. The van der Waals surface area contributed by atoms with Gasteiger partial charge in [0.1, 0.15) is 0 Å². The Labute approximate surface area is 87.1 Å². The molecule has 0 spiro atoms. The van der Waals surface area contributed by atoms with Crippen LogP contribution in [0.4, 0.5) is 0 Å². The lowest BCUT2D eigenvalue weighted by atomic mass is 9.95. The third-order valence-corrected chi connectivity index (χ3v) is 3.12. The minimum atomic E-state index is 0.797. The van der Waals surface area contributed by atoms with E-state index in [-0.39, 0.29) is 0 Å². The first-order valence-electron chi connectivity index (χ1n) is 5.64. The maximum atomic E-state index is 10.4. The standard InChI is InChI=1S/C11H22N2O/c1-3-13-7-4-5-11(9-13)6-8-12(2)10-14/h10-11H,3-9H2,1-2H3/t11-/m1/s1. The Morgan fingerprint density at radius 3 is 3.00 bits per heavy atom. The van der Waals surface area contributed by atoms with Gasteiger partial charge in [0, 0.05) is 20.1 Å². The van der Waals surface area contributed by atoms with Gasteiger partial charge in [-0.3, -0.25) is 4.79 Å². The van der Waals surface area contributed by atoms with E-state index in [9.17, 15) is 4.79 Å². The van der Waals surface area contributed by atoms with Gasteiger partial charge in [0.2, 0.25) is 6.41 Å². The van der Waals surface area contributed by atoms with Crippen molar-refractivity contribution < 1.29 is 4.79 Å². The van der Waals surface area contributed by atoms with Crippen LogP contribution in [-0.2, 0) is 4.79 Å². The lowest BCUT2D eigenvalue weighted by Gasteiger charge is -2.32. The molecule has 0 aliphatic carbocycles. The van der Waals surface area contributed by atoms with Crippen LogP contribution in [0.1, 0.15) is 26.2 Å². The molecular weight excluding hydrogens is 176 g/mol. The predicted molar refractivity (Wildman–Crippen MR) is 58.1 cm³/mol. The maximum Gasteiger partial charge on any atom is 0.209 e. The third-order valence-electron chi connectivity index (χ3n) is 3.12. The normalized spacial score (nSPS) is 23.4. The monoisotopic (exact) mass is 198 g/mol. The summed E-state index contributed by atoms with van der Waals surface area (Å²) in [6, 6.07) is 0. The van der Waals surface area contributed by atoms with Crippen molar-refractivity contribution in [2.45, 2.75) is 26.2 Å². The summed E-state index contributed by atoms with van der Waals surface area (Å²) in [6.45, 7) is 6.78. The fraction of sp³-hybridized carbons (Fsp3) is 0.909. The van der Waals surface area contributed by atoms with Crippen LogP contribution in [-0.4, -0.2) is 49.4 Å². The Balaban J connectivity index is 2.20. The summed E-state index contributed by atoms with van der Waals surface area (Å²) in [5.74, 6) is 0.797. The van der Waals surface area contributed by atoms with E-state index in [1.54, 1.807) is 4.90 Å². The molecule has 1 fully saturated rings. The second-order valence-corrected chi connectivity index (χ2v) is 4.28. The average Bonchev–Trinajstić information content (AvgIpc) is 2.26. The molecule has 0 saturated carbocycles. The summed E-state index contributed by atoms with van der Waals surface area (Å²) < 4.78 is 0. The molecule has 1 aliphatic heterocycles. The predicted octanol–water partition coefficient (Wildman–Crippen LogP) is 1.20. The summed E-state index contributed by atoms with van der Waals surface area (Å²) in [4.78, 5) is 14.7. The molecule has 0 radical (unpaired) electrons. The van der Waals surface area contributed by atoms with Crippen LogP contribution in [0.25, 0.3) is 0 Å². The van der Waals surface area contributed by atoms with Gasteiger partial charge in [-0.2, -0.15) is 0 Å². The Morgan fingerprint density at radius 1 is 1.57 bits per heavy atom. The Kier molecular flexibility index (Phi) is 4.94. The largest absolute Gasteiger partial charge is 0.348 e. The number of carbonyl (C=O) groups is 1. The van der Waals surface area contributed by atoms with E-state index >= 15 is 0 Å². The second kappa shape index (κ2) is 6.02. The fourth-order valence-corrected chi connectivity index (χ4v) is 2.11. The van der Waals surface area contributed by atoms with Gasteiger partial charge in [0.15, 0.2) is 0 Å². The number of rotatable bonds is 5. The van der Waals surface area contributed by atoms with Crippen LogP contribution in [0, 0.1) is 5.92 Å². The van der Waals surface area contributed by atoms with Gasteiger partial charge in [0.25, 0.3) is 0 Å². The fourth-order valence-electron chi connectivity index (χ4n) is 2.11. The molecule has 3 heteroatoms. The first kappa shape index (κ1) is 11.5. The highest BCUT2D eigenvalue weighted by molar-refractivity contribution is 5.46. The first-order chi connectivity index (χ1) is 6.76. The van der Waals surface area contributed by atoms with Crippen molar-refractivity contribution in [3.63, 3.8) is 0 Å². The van der Waals surface area contributed by atoms with Gasteiger partial charge in [0.05, 0.1) is 0 Å². The first-order valence-corrected chi connectivity index (χ1v) is 5.64. The van der Waals surface area contributed by atoms with E-state index in [1.807, 2.05) is 7.05 Å². The topological polar surface area (TPSA) is 23.6 Å². The van der Waals surface area contributed by atoms with Gasteiger partial charge in [-0.25, -0.2) is 0 Å². The zero-order chi connectivity index (χ0) is 10.4. The molecule has 1 heterocycles. The van der Waals surface area contributed by atoms with Crippen molar-refractivity contribution in [2.24, 2.45) is 5.92 Å². The number of nitrogens with zero attached hydrogens (tertiary/aromatic N) is 2. The van der Waals surface area contributed by atoms with Crippen LogP contribution in [0.5, 0.6) is 0 Å². The second-order valence-electron chi connectivity index (χ2n) is 4.28. The lowest BCUT2D eigenvalue weighted by molar-refractivity contribution is -0.117. The van der Waals surface area contributed by atoms with Gasteiger partial charge in [-0.1, -0.05) is 6.92 Å². The third kappa shape index (κ3) is 3.66. The number of hydrogen-bond donors (Lipinski definition) is 0. The molecule has 14 heavy (non-hydrogen) atoms. The molecule has 0 aromatic carbocycles. The molecule has 1 amide bonds. The molecule has 0 bridgehead atoms. The van der Waals surface area contributed by atoms with Crippen molar-refractivity contribution in [2.75, 3.05) is 33.2 Å². The molecule has 3 nitrogen and oxygen atoms in total. The summed E-state index contributed by atoms with van der Waals surface area (Å²) >= 11 is 0. The van der Waals surface area contributed by atoms with E-state index in [0.29, 0.717) is 0 Å². The highest BCUT2D eigenvalue weighted by Crippen LogP contribution is 2.19. The lowest BCUT2D eigenvalue weighted by Crippen LogP contribution is -2.36. The van der Waals surface area contributed by atoms with Crippen LogP contribution >= 0.6 is 0 Å². The van der Waals surface area contributed by atoms with E-state index in [2.05, 4.69) is 11.8 Å². The van der Waals surface area contributed by atoms with Gasteiger partial charge in [-0.05, 0) is 38.3 Å². The minimum absolute atomic E-state index is 0.797. The SMILES string of the molecule is CCN1CCC[C@H](CCN(C)C=O)C1. The number of carbonyl (C=O) groups excluding carboxylic acids is 1. The van der Waals surface area contributed by atoms with Crippen molar-refractivity contribution in [3.8, 4) is 0 Å².